The third-order valence-corrected chi connectivity index (χ3v) is 6.14. The molecule has 1 atom stereocenters. The first-order valence-corrected chi connectivity index (χ1v) is 9.66. The Morgan fingerprint density at radius 1 is 1.32 bits per heavy atom. The van der Waals surface area contributed by atoms with E-state index in [4.69, 9.17) is 17.3 Å². The number of fused-ring (bicyclic) bond motifs is 1. The molecular weight excluding hydrogens is 356 g/mol. The second-order valence-electron chi connectivity index (χ2n) is 6.44. The van der Waals surface area contributed by atoms with Crippen molar-refractivity contribution in [2.45, 2.75) is 39.0 Å². The number of benzene rings is 1. The van der Waals surface area contributed by atoms with Crippen LogP contribution in [0.4, 0.5) is 5.00 Å². The highest BCUT2D eigenvalue weighted by Gasteiger charge is 2.28. The molecule has 3 rings (SSSR count). The Kier molecular flexibility index (Phi) is 5.45. The zero-order chi connectivity index (χ0) is 18.0. The van der Waals surface area contributed by atoms with Gasteiger partial charge in [0.25, 0.3) is 5.91 Å². The maximum absolute atomic E-state index is 12.4. The first-order chi connectivity index (χ1) is 12.0. The lowest BCUT2D eigenvalue weighted by Crippen LogP contribution is -2.20. The van der Waals surface area contributed by atoms with Crippen molar-refractivity contribution in [1.29, 1.82) is 0 Å². The van der Waals surface area contributed by atoms with Crippen LogP contribution in [-0.2, 0) is 24.1 Å². The molecule has 0 unspecified atom stereocenters. The molecule has 1 aromatic heterocycles. The highest BCUT2D eigenvalue weighted by atomic mass is 35.5. The zero-order valence-electron chi connectivity index (χ0n) is 14.1. The van der Waals surface area contributed by atoms with E-state index in [1.807, 2.05) is 12.1 Å². The minimum atomic E-state index is -0.464. The van der Waals surface area contributed by atoms with Crippen molar-refractivity contribution < 1.29 is 9.59 Å². The number of nitrogens with one attached hydrogen (secondary N) is 1. The zero-order valence-corrected chi connectivity index (χ0v) is 15.7. The van der Waals surface area contributed by atoms with E-state index >= 15 is 0 Å². The van der Waals surface area contributed by atoms with Gasteiger partial charge in [-0.25, -0.2) is 0 Å². The summed E-state index contributed by atoms with van der Waals surface area (Å²) in [5, 5.41) is 4.12. The van der Waals surface area contributed by atoms with Crippen molar-refractivity contribution in [1.82, 2.24) is 0 Å². The van der Waals surface area contributed by atoms with Crippen molar-refractivity contribution in [2.75, 3.05) is 5.32 Å². The molecule has 6 heteroatoms. The number of hydrogen-bond acceptors (Lipinski definition) is 3. The molecule has 0 spiro atoms. The maximum Gasteiger partial charge on any atom is 0.251 e. The monoisotopic (exact) mass is 376 g/mol. The van der Waals surface area contributed by atoms with Crippen LogP contribution in [0.15, 0.2) is 24.3 Å². The first-order valence-electron chi connectivity index (χ1n) is 8.46. The molecule has 2 amide bonds. The minimum Gasteiger partial charge on any atom is -0.365 e. The number of amides is 2. The summed E-state index contributed by atoms with van der Waals surface area (Å²) < 4.78 is 0. The van der Waals surface area contributed by atoms with Crippen LogP contribution >= 0.6 is 22.9 Å². The normalized spacial score (nSPS) is 16.3. The number of nitrogens with two attached hydrogens (primary N) is 1. The van der Waals surface area contributed by atoms with Crippen LogP contribution in [0.3, 0.4) is 0 Å². The topological polar surface area (TPSA) is 72.2 Å². The van der Waals surface area contributed by atoms with Gasteiger partial charge in [-0.3, -0.25) is 9.59 Å². The van der Waals surface area contributed by atoms with E-state index in [2.05, 4.69) is 12.2 Å². The molecule has 0 radical (unpaired) electrons. The molecule has 0 fully saturated rings. The summed E-state index contributed by atoms with van der Waals surface area (Å²) in [6, 6.07) is 7.16. The van der Waals surface area contributed by atoms with Gasteiger partial charge in [-0.2, -0.15) is 0 Å². The van der Waals surface area contributed by atoms with Gasteiger partial charge in [-0.1, -0.05) is 37.1 Å². The second kappa shape index (κ2) is 7.58. The van der Waals surface area contributed by atoms with E-state index in [0.29, 0.717) is 21.5 Å². The Hall–Kier alpha value is -1.85. The van der Waals surface area contributed by atoms with Gasteiger partial charge in [-0.15, -0.1) is 11.3 Å². The Labute approximate surface area is 156 Å². The predicted molar refractivity (Wildman–Crippen MR) is 102 cm³/mol. The van der Waals surface area contributed by atoms with Crippen molar-refractivity contribution in [3.05, 3.63) is 50.9 Å². The highest BCUT2D eigenvalue weighted by Crippen LogP contribution is 2.40. The lowest BCUT2D eigenvalue weighted by molar-refractivity contribution is -0.115. The molecule has 0 bridgehead atoms. The quantitative estimate of drug-likeness (QED) is 0.820. The number of thiophene rings is 1. The highest BCUT2D eigenvalue weighted by molar-refractivity contribution is 7.17. The molecule has 2 aromatic rings. The van der Waals surface area contributed by atoms with Crippen LogP contribution in [0.1, 0.15) is 46.1 Å². The Balaban J connectivity index is 1.79. The smallest absolute Gasteiger partial charge is 0.251 e. The van der Waals surface area contributed by atoms with E-state index in [1.54, 1.807) is 12.1 Å². The molecule has 4 nitrogen and oxygen atoms in total. The summed E-state index contributed by atoms with van der Waals surface area (Å²) in [6.45, 7) is 2.19. The van der Waals surface area contributed by atoms with Crippen molar-refractivity contribution in [3.63, 3.8) is 0 Å². The van der Waals surface area contributed by atoms with Crippen LogP contribution in [-0.4, -0.2) is 11.8 Å². The number of halogens is 1. The van der Waals surface area contributed by atoms with E-state index in [-0.39, 0.29) is 12.3 Å². The van der Waals surface area contributed by atoms with Gasteiger partial charge < -0.3 is 11.1 Å². The number of carbonyl (C=O) groups is 2. The Morgan fingerprint density at radius 3 is 2.68 bits per heavy atom. The minimum absolute atomic E-state index is 0.157. The van der Waals surface area contributed by atoms with Crippen LogP contribution in [0.2, 0.25) is 5.02 Å². The summed E-state index contributed by atoms with van der Waals surface area (Å²) in [4.78, 5) is 25.5. The summed E-state index contributed by atoms with van der Waals surface area (Å²) in [5.74, 6) is 0.0224. The summed E-state index contributed by atoms with van der Waals surface area (Å²) in [6.07, 6.45) is 4.25. The molecule has 0 aliphatic heterocycles. The number of anilines is 1. The van der Waals surface area contributed by atoms with Gasteiger partial charge in [-0.05, 0) is 48.4 Å². The van der Waals surface area contributed by atoms with Crippen LogP contribution in [0, 0.1) is 5.92 Å². The molecule has 1 aliphatic rings. The lowest BCUT2D eigenvalue weighted by Gasteiger charge is -2.20. The fraction of sp³-hybridized carbons (Fsp3) is 0.368. The molecule has 0 saturated heterocycles. The summed E-state index contributed by atoms with van der Waals surface area (Å²) >= 11 is 7.36. The number of hydrogen-bond donors (Lipinski definition) is 2. The SMILES string of the molecule is CC[C@H]1CCc2c(sc(NC(=O)Cc3ccc(Cl)cc3)c2C(N)=O)C1. The first kappa shape index (κ1) is 18.0. The Morgan fingerprint density at radius 2 is 2.04 bits per heavy atom. The van der Waals surface area contributed by atoms with Gasteiger partial charge >= 0.3 is 0 Å². The molecule has 1 heterocycles. The number of primary amides is 1. The fourth-order valence-electron chi connectivity index (χ4n) is 3.31. The Bertz CT molecular complexity index is 799. The van der Waals surface area contributed by atoms with Crippen molar-refractivity contribution in [2.24, 2.45) is 11.7 Å². The maximum atomic E-state index is 12.4. The molecule has 3 N–H and O–H groups in total. The second-order valence-corrected chi connectivity index (χ2v) is 7.98. The molecule has 132 valence electrons. The van der Waals surface area contributed by atoms with Gasteiger partial charge in [0.2, 0.25) is 5.91 Å². The predicted octanol–water partition coefficient (Wildman–Crippen LogP) is 4.20. The van der Waals surface area contributed by atoms with Crippen LogP contribution in [0.5, 0.6) is 0 Å². The van der Waals surface area contributed by atoms with Gasteiger partial charge in [0, 0.05) is 9.90 Å². The van der Waals surface area contributed by atoms with Crippen molar-refractivity contribution >= 4 is 39.8 Å². The van der Waals surface area contributed by atoms with E-state index in [0.717, 1.165) is 36.8 Å². The molecule has 1 aromatic carbocycles. The van der Waals surface area contributed by atoms with Crippen molar-refractivity contribution in [3.8, 4) is 0 Å². The summed E-state index contributed by atoms with van der Waals surface area (Å²) in [7, 11) is 0. The number of carbonyl (C=O) groups excluding carboxylic acids is 2. The van der Waals surface area contributed by atoms with Crippen LogP contribution < -0.4 is 11.1 Å². The molecule has 25 heavy (non-hydrogen) atoms. The van der Waals surface area contributed by atoms with E-state index in [1.165, 1.54) is 16.2 Å². The average Bonchev–Trinajstić information content (AvgIpc) is 2.93. The molecule has 1 aliphatic carbocycles. The fourth-order valence-corrected chi connectivity index (χ4v) is 4.82. The number of rotatable bonds is 5. The van der Waals surface area contributed by atoms with Gasteiger partial charge in [0.05, 0.1) is 12.0 Å². The average molecular weight is 377 g/mol. The third kappa shape index (κ3) is 4.05. The largest absolute Gasteiger partial charge is 0.365 e. The van der Waals surface area contributed by atoms with Gasteiger partial charge in [0.1, 0.15) is 5.00 Å². The van der Waals surface area contributed by atoms with Gasteiger partial charge in [0.15, 0.2) is 0 Å². The van der Waals surface area contributed by atoms with Crippen LogP contribution in [0.25, 0.3) is 0 Å². The summed E-state index contributed by atoms with van der Waals surface area (Å²) in [5.41, 5.74) is 8.00. The lowest BCUT2D eigenvalue weighted by atomic mass is 9.85. The van der Waals surface area contributed by atoms with E-state index in [9.17, 15) is 9.59 Å². The standard InChI is InChI=1S/C19H21ClN2O2S/c1-2-11-5-8-14-15(9-11)25-19(17(14)18(21)24)22-16(23)10-12-3-6-13(20)7-4-12/h3-4,6-7,11H,2,5,8-10H2,1H3,(H2,21,24)(H,22,23)/t11-/m0/s1. The molecular formula is C19H21ClN2O2S. The third-order valence-electron chi connectivity index (χ3n) is 4.72. The van der Waals surface area contributed by atoms with E-state index < -0.39 is 5.91 Å². The molecule has 0 saturated carbocycles.